The number of imidazole rings is 1. The Kier molecular flexibility index (Phi) is 2.82. The number of rotatable bonds is 2. The summed E-state index contributed by atoms with van der Waals surface area (Å²) in [5, 5.41) is 2.19. The number of hydrogen-bond acceptors (Lipinski definition) is 2. The van der Waals surface area contributed by atoms with Gasteiger partial charge in [0.2, 0.25) is 5.95 Å². The molecule has 0 radical (unpaired) electrons. The van der Waals surface area contributed by atoms with Crippen molar-refractivity contribution in [2.75, 3.05) is 5.32 Å². The normalized spacial score (nSPS) is 10.3. The molecule has 1 aromatic heterocycles. The van der Waals surface area contributed by atoms with E-state index in [-0.39, 0.29) is 5.95 Å². The fourth-order valence-corrected chi connectivity index (χ4v) is 1.21. The third-order valence-electron chi connectivity index (χ3n) is 2.01. The quantitative estimate of drug-likeness (QED) is 0.791. The molecule has 2 N–H and O–H groups in total. The monoisotopic (exact) mass is 241 g/mol. The van der Waals surface area contributed by atoms with Gasteiger partial charge in [-0.05, 0) is 12.1 Å². The van der Waals surface area contributed by atoms with E-state index in [1.54, 1.807) is 0 Å². The number of halogens is 3. The van der Waals surface area contributed by atoms with Crippen LogP contribution in [0, 0.1) is 17.5 Å². The molecule has 88 valence electrons. The van der Waals surface area contributed by atoms with Gasteiger partial charge in [0.15, 0.2) is 17.5 Å². The van der Waals surface area contributed by atoms with Crippen LogP contribution in [0.2, 0.25) is 0 Å². The van der Waals surface area contributed by atoms with Crippen molar-refractivity contribution in [1.82, 2.24) is 9.97 Å². The molecule has 0 spiro atoms. The maximum atomic E-state index is 13.2. The molecule has 0 aliphatic heterocycles. The molecule has 2 aromatic rings. The van der Waals surface area contributed by atoms with Gasteiger partial charge in [-0.2, -0.15) is 0 Å². The van der Waals surface area contributed by atoms with Gasteiger partial charge in [0.1, 0.15) is 0 Å². The van der Waals surface area contributed by atoms with Crippen LogP contribution in [-0.2, 0) is 0 Å². The number of nitrogens with one attached hydrogen (secondary N) is 2. The highest BCUT2D eigenvalue weighted by Gasteiger charge is 2.19. The highest BCUT2D eigenvalue weighted by molar-refractivity contribution is 6.03. The molecule has 1 heterocycles. The molecule has 0 aliphatic carbocycles. The van der Waals surface area contributed by atoms with Crippen LogP contribution in [-0.4, -0.2) is 15.9 Å². The zero-order valence-corrected chi connectivity index (χ0v) is 8.30. The van der Waals surface area contributed by atoms with Crippen LogP contribution in [0.1, 0.15) is 10.4 Å². The van der Waals surface area contributed by atoms with E-state index in [9.17, 15) is 18.0 Å². The molecule has 4 nitrogen and oxygen atoms in total. The topological polar surface area (TPSA) is 57.8 Å². The van der Waals surface area contributed by atoms with Gasteiger partial charge >= 0.3 is 0 Å². The second kappa shape index (κ2) is 4.28. The number of aromatic nitrogens is 2. The molecule has 1 aromatic carbocycles. The zero-order valence-electron chi connectivity index (χ0n) is 8.30. The summed E-state index contributed by atoms with van der Waals surface area (Å²) in [5.41, 5.74) is -0.597. The number of benzene rings is 1. The highest BCUT2D eigenvalue weighted by atomic mass is 19.2. The Balaban J connectivity index is 2.29. The van der Waals surface area contributed by atoms with Crippen molar-refractivity contribution in [2.24, 2.45) is 0 Å². The number of anilines is 1. The van der Waals surface area contributed by atoms with E-state index in [1.165, 1.54) is 12.4 Å². The van der Waals surface area contributed by atoms with E-state index in [2.05, 4.69) is 15.3 Å². The van der Waals surface area contributed by atoms with E-state index < -0.39 is 28.9 Å². The van der Waals surface area contributed by atoms with Crippen molar-refractivity contribution in [3.63, 3.8) is 0 Å². The number of carbonyl (C=O) groups is 1. The Morgan fingerprint density at radius 3 is 2.65 bits per heavy atom. The lowest BCUT2D eigenvalue weighted by Gasteiger charge is -2.04. The van der Waals surface area contributed by atoms with Gasteiger partial charge in [0.25, 0.3) is 5.91 Å². The molecular weight excluding hydrogens is 235 g/mol. The average Bonchev–Trinajstić information content (AvgIpc) is 2.78. The van der Waals surface area contributed by atoms with E-state index in [4.69, 9.17) is 0 Å². The Hall–Kier alpha value is -2.31. The predicted molar refractivity (Wildman–Crippen MR) is 52.9 cm³/mol. The Morgan fingerprint density at radius 1 is 1.24 bits per heavy atom. The number of hydrogen-bond donors (Lipinski definition) is 2. The van der Waals surface area contributed by atoms with E-state index in [0.717, 1.165) is 6.07 Å². The van der Waals surface area contributed by atoms with Crippen LogP contribution in [0.5, 0.6) is 0 Å². The fraction of sp³-hybridized carbons (Fsp3) is 0. The first-order valence-electron chi connectivity index (χ1n) is 4.54. The largest absolute Gasteiger partial charge is 0.331 e. The molecule has 0 saturated heterocycles. The second-order valence-corrected chi connectivity index (χ2v) is 3.11. The number of nitrogens with zero attached hydrogens (tertiary/aromatic N) is 1. The highest BCUT2D eigenvalue weighted by Crippen LogP contribution is 2.16. The van der Waals surface area contributed by atoms with Gasteiger partial charge in [-0.25, -0.2) is 18.2 Å². The molecule has 0 aliphatic rings. The summed E-state index contributed by atoms with van der Waals surface area (Å²) in [7, 11) is 0. The Bertz CT molecular complexity index is 554. The minimum atomic E-state index is -1.68. The van der Waals surface area contributed by atoms with Crippen molar-refractivity contribution in [3.05, 3.63) is 47.5 Å². The first kappa shape index (κ1) is 11.2. The minimum absolute atomic E-state index is 0.0825. The van der Waals surface area contributed by atoms with Crippen LogP contribution in [0.25, 0.3) is 0 Å². The maximum Gasteiger partial charge on any atom is 0.261 e. The molecule has 0 bridgehead atoms. The van der Waals surface area contributed by atoms with E-state index in [0.29, 0.717) is 6.07 Å². The fourth-order valence-electron chi connectivity index (χ4n) is 1.21. The summed E-state index contributed by atoms with van der Waals surface area (Å²) in [6.07, 6.45) is 2.81. The summed E-state index contributed by atoms with van der Waals surface area (Å²) in [4.78, 5) is 17.7. The van der Waals surface area contributed by atoms with Crippen LogP contribution in [0.3, 0.4) is 0 Å². The minimum Gasteiger partial charge on any atom is -0.331 e. The van der Waals surface area contributed by atoms with Crippen molar-refractivity contribution < 1.29 is 18.0 Å². The van der Waals surface area contributed by atoms with Crippen LogP contribution >= 0.6 is 0 Å². The van der Waals surface area contributed by atoms with Gasteiger partial charge in [-0.1, -0.05) is 0 Å². The number of carbonyl (C=O) groups excluding carboxylic acids is 1. The van der Waals surface area contributed by atoms with Crippen molar-refractivity contribution >= 4 is 11.9 Å². The van der Waals surface area contributed by atoms with Gasteiger partial charge < -0.3 is 4.98 Å². The first-order valence-corrected chi connectivity index (χ1v) is 4.54. The van der Waals surface area contributed by atoms with Gasteiger partial charge in [0, 0.05) is 12.4 Å². The lowest BCUT2D eigenvalue weighted by Crippen LogP contribution is -2.16. The van der Waals surface area contributed by atoms with Crippen molar-refractivity contribution in [3.8, 4) is 0 Å². The smallest absolute Gasteiger partial charge is 0.261 e. The van der Waals surface area contributed by atoms with Gasteiger partial charge in [-0.3, -0.25) is 10.1 Å². The SMILES string of the molecule is O=C(Nc1ncc[nH]1)c1ccc(F)c(F)c1F. The molecule has 2 rings (SSSR count). The number of H-pyrrole nitrogens is 1. The molecule has 0 unspecified atom stereocenters. The Labute approximate surface area is 93.5 Å². The summed E-state index contributed by atoms with van der Waals surface area (Å²) in [6, 6.07) is 1.53. The van der Waals surface area contributed by atoms with Crippen LogP contribution < -0.4 is 5.32 Å². The van der Waals surface area contributed by atoms with Crippen molar-refractivity contribution in [1.29, 1.82) is 0 Å². The predicted octanol–water partition coefficient (Wildman–Crippen LogP) is 2.08. The van der Waals surface area contributed by atoms with E-state index in [1.807, 2.05) is 0 Å². The standard InChI is InChI=1S/C10H6F3N3O/c11-6-2-1-5(7(12)8(6)13)9(17)16-10-14-3-4-15-10/h1-4H,(H2,14,15,16,17). The molecular formula is C10H6F3N3O. The molecule has 0 saturated carbocycles. The third kappa shape index (κ3) is 2.12. The Morgan fingerprint density at radius 2 is 2.00 bits per heavy atom. The molecule has 1 amide bonds. The molecule has 0 fully saturated rings. The molecule has 0 atom stereocenters. The van der Waals surface area contributed by atoms with Crippen molar-refractivity contribution in [2.45, 2.75) is 0 Å². The summed E-state index contributed by atoms with van der Waals surface area (Å²) in [6.45, 7) is 0. The molecule has 17 heavy (non-hydrogen) atoms. The zero-order chi connectivity index (χ0) is 12.4. The number of aromatic amines is 1. The maximum absolute atomic E-state index is 13.2. The van der Waals surface area contributed by atoms with Gasteiger partial charge in [0.05, 0.1) is 5.56 Å². The lowest BCUT2D eigenvalue weighted by atomic mass is 10.2. The molecule has 7 heteroatoms. The van der Waals surface area contributed by atoms with Gasteiger partial charge in [-0.15, -0.1) is 0 Å². The van der Waals surface area contributed by atoms with Crippen LogP contribution in [0.15, 0.2) is 24.5 Å². The second-order valence-electron chi connectivity index (χ2n) is 3.11. The van der Waals surface area contributed by atoms with Crippen LogP contribution in [0.4, 0.5) is 19.1 Å². The third-order valence-corrected chi connectivity index (χ3v) is 2.01. The summed E-state index contributed by atoms with van der Waals surface area (Å²) < 4.78 is 38.7. The number of amides is 1. The first-order chi connectivity index (χ1) is 8.09. The average molecular weight is 241 g/mol. The summed E-state index contributed by atoms with van der Waals surface area (Å²) >= 11 is 0. The van der Waals surface area contributed by atoms with E-state index >= 15 is 0 Å². The lowest BCUT2D eigenvalue weighted by molar-refractivity contribution is 0.102. The summed E-state index contributed by atoms with van der Waals surface area (Å²) in [5.74, 6) is -5.40.